The average molecular weight is 399 g/mol. The van der Waals surface area contributed by atoms with E-state index < -0.39 is 0 Å². The molecule has 0 spiro atoms. The third-order valence-electron chi connectivity index (χ3n) is 5.42. The van der Waals surface area contributed by atoms with Crippen LogP contribution in [0.15, 0.2) is 17.1 Å². The van der Waals surface area contributed by atoms with Crippen molar-refractivity contribution in [3.8, 4) is 23.3 Å². The summed E-state index contributed by atoms with van der Waals surface area (Å²) in [5.41, 5.74) is 2.86. The first-order valence-electron chi connectivity index (χ1n) is 9.32. The molecule has 0 bridgehead atoms. The number of methoxy groups -OCH3 is 2. The Balaban J connectivity index is 1.94. The Labute approximate surface area is 170 Å². The van der Waals surface area contributed by atoms with Crippen LogP contribution in [0.5, 0.6) is 17.2 Å². The molecule has 3 rings (SSSR count). The topological polar surface area (TPSA) is 74.8 Å². The van der Waals surface area contributed by atoms with Crippen LogP contribution in [0.1, 0.15) is 48.8 Å². The minimum absolute atomic E-state index is 0.0420. The molecule has 0 saturated carbocycles. The molecule has 5 nitrogen and oxygen atoms in total. The van der Waals surface area contributed by atoms with Gasteiger partial charge in [0.2, 0.25) is 5.75 Å². The van der Waals surface area contributed by atoms with E-state index in [0.717, 1.165) is 29.8 Å². The summed E-state index contributed by atoms with van der Waals surface area (Å²) in [7, 11) is 2.98. The number of hydrogen-bond acceptors (Lipinski definition) is 6. The predicted octanol–water partition coefficient (Wildman–Crippen LogP) is 5.24. The number of nitriles is 1. The monoisotopic (exact) mass is 398 g/mol. The Morgan fingerprint density at radius 1 is 1.25 bits per heavy atom. The van der Waals surface area contributed by atoms with Crippen LogP contribution in [0.2, 0.25) is 0 Å². The number of hydrogen-bond donors (Lipinski definition) is 1. The average Bonchev–Trinajstić information content (AvgIpc) is 3.03. The molecule has 1 aromatic heterocycles. The number of nitrogens with zero attached hydrogens (tertiary/aromatic N) is 2. The molecule has 1 N–H and O–H groups in total. The van der Waals surface area contributed by atoms with Crippen molar-refractivity contribution >= 4 is 22.6 Å². The van der Waals surface area contributed by atoms with Gasteiger partial charge in [0.1, 0.15) is 11.1 Å². The molecular weight excluding hydrogens is 372 g/mol. The molecule has 1 atom stereocenters. The van der Waals surface area contributed by atoms with Crippen LogP contribution in [0.25, 0.3) is 0 Å². The number of phenols is 1. The van der Waals surface area contributed by atoms with Gasteiger partial charge in [-0.2, -0.15) is 5.26 Å². The summed E-state index contributed by atoms with van der Waals surface area (Å²) in [4.78, 5) is 5.89. The molecule has 0 radical (unpaired) electrons. The summed E-state index contributed by atoms with van der Waals surface area (Å²) in [6.07, 6.45) is 4.74. The number of rotatable bonds is 4. The summed E-state index contributed by atoms with van der Waals surface area (Å²) in [5, 5.41) is 20.5. The van der Waals surface area contributed by atoms with Crippen molar-refractivity contribution in [1.82, 2.24) is 0 Å². The fourth-order valence-corrected chi connectivity index (χ4v) is 4.86. The van der Waals surface area contributed by atoms with E-state index in [0.29, 0.717) is 23.0 Å². The fraction of sp³-hybridized carbons (Fsp3) is 0.455. The van der Waals surface area contributed by atoms with Gasteiger partial charge in [0.05, 0.1) is 19.8 Å². The zero-order valence-corrected chi connectivity index (χ0v) is 17.8. The molecule has 0 unspecified atom stereocenters. The van der Waals surface area contributed by atoms with E-state index in [-0.39, 0.29) is 11.2 Å². The molecule has 6 heteroatoms. The SMILES string of the molecule is COc1cc(C=Nc2sc3c(c2C#N)CC[C@@H](C(C)(C)C)C3)cc(OC)c1O. The fourth-order valence-electron chi connectivity index (χ4n) is 3.64. The largest absolute Gasteiger partial charge is 0.502 e. The second-order valence-corrected chi connectivity index (χ2v) is 9.22. The van der Waals surface area contributed by atoms with Gasteiger partial charge in [-0.3, -0.25) is 0 Å². The molecule has 0 amide bonds. The minimum Gasteiger partial charge on any atom is -0.502 e. The number of benzene rings is 1. The summed E-state index contributed by atoms with van der Waals surface area (Å²) < 4.78 is 10.4. The smallest absolute Gasteiger partial charge is 0.200 e. The lowest BCUT2D eigenvalue weighted by Crippen LogP contribution is -2.26. The summed E-state index contributed by atoms with van der Waals surface area (Å²) in [5.74, 6) is 1.21. The molecule has 1 aromatic carbocycles. The number of phenolic OH excluding ortho intramolecular Hbond substituents is 1. The first-order valence-corrected chi connectivity index (χ1v) is 10.1. The van der Waals surface area contributed by atoms with Crippen molar-refractivity contribution in [3.63, 3.8) is 0 Å². The predicted molar refractivity (Wildman–Crippen MR) is 112 cm³/mol. The maximum Gasteiger partial charge on any atom is 0.200 e. The van der Waals surface area contributed by atoms with Crippen LogP contribution in [-0.2, 0) is 12.8 Å². The van der Waals surface area contributed by atoms with Crippen LogP contribution in [-0.4, -0.2) is 25.5 Å². The van der Waals surface area contributed by atoms with Gasteiger partial charge in [-0.15, -0.1) is 11.3 Å². The molecule has 1 heterocycles. The van der Waals surface area contributed by atoms with Crippen LogP contribution in [0.4, 0.5) is 5.00 Å². The van der Waals surface area contributed by atoms with E-state index in [9.17, 15) is 10.4 Å². The highest BCUT2D eigenvalue weighted by atomic mass is 32.1. The maximum absolute atomic E-state index is 10.0. The molecule has 28 heavy (non-hydrogen) atoms. The van der Waals surface area contributed by atoms with Gasteiger partial charge < -0.3 is 14.6 Å². The van der Waals surface area contributed by atoms with E-state index in [1.807, 2.05) is 0 Å². The lowest BCUT2D eigenvalue weighted by Gasteiger charge is -2.33. The van der Waals surface area contributed by atoms with Crippen molar-refractivity contribution in [2.24, 2.45) is 16.3 Å². The molecule has 1 aliphatic rings. The van der Waals surface area contributed by atoms with Gasteiger partial charge in [-0.05, 0) is 48.3 Å². The van der Waals surface area contributed by atoms with Crippen molar-refractivity contribution in [1.29, 1.82) is 5.26 Å². The maximum atomic E-state index is 10.0. The lowest BCUT2D eigenvalue weighted by atomic mass is 9.72. The first-order chi connectivity index (χ1) is 13.3. The van der Waals surface area contributed by atoms with Crippen molar-refractivity contribution in [2.45, 2.75) is 40.0 Å². The van der Waals surface area contributed by atoms with Crippen molar-refractivity contribution in [2.75, 3.05) is 14.2 Å². The number of fused-ring (bicyclic) bond motifs is 1. The molecule has 2 aromatic rings. The van der Waals surface area contributed by atoms with Crippen molar-refractivity contribution in [3.05, 3.63) is 33.7 Å². The van der Waals surface area contributed by atoms with E-state index in [4.69, 9.17) is 9.47 Å². The Kier molecular flexibility index (Phi) is 5.66. The third-order valence-corrected chi connectivity index (χ3v) is 6.58. The molecule has 0 saturated heterocycles. The van der Waals surface area contributed by atoms with Crippen LogP contribution >= 0.6 is 11.3 Å². The zero-order chi connectivity index (χ0) is 20.5. The molecule has 0 aliphatic heterocycles. The summed E-state index contributed by atoms with van der Waals surface area (Å²) >= 11 is 1.62. The van der Waals surface area contributed by atoms with E-state index in [1.54, 1.807) is 29.7 Å². The van der Waals surface area contributed by atoms with Crippen LogP contribution < -0.4 is 9.47 Å². The van der Waals surface area contributed by atoms with Crippen molar-refractivity contribution < 1.29 is 14.6 Å². The zero-order valence-electron chi connectivity index (χ0n) is 17.0. The van der Waals surface area contributed by atoms with Gasteiger partial charge in [0.25, 0.3) is 0 Å². The quantitative estimate of drug-likeness (QED) is 0.714. The van der Waals surface area contributed by atoms with Gasteiger partial charge >= 0.3 is 0 Å². The standard InChI is InChI=1S/C22H26N2O3S/c1-22(2,3)14-6-7-15-16(11-23)21(28-19(15)10-14)24-12-13-8-17(26-4)20(25)18(9-13)27-5/h8-9,12,14,25H,6-7,10H2,1-5H3/t14-/m1/s1. The molecule has 0 fully saturated rings. The minimum atomic E-state index is -0.0420. The van der Waals surface area contributed by atoms with Gasteiger partial charge in [-0.25, -0.2) is 4.99 Å². The highest BCUT2D eigenvalue weighted by molar-refractivity contribution is 7.16. The molecular formula is C22H26N2O3S. The summed E-state index contributed by atoms with van der Waals surface area (Å²) in [6, 6.07) is 5.74. The van der Waals surface area contributed by atoms with E-state index in [2.05, 4.69) is 31.8 Å². The lowest BCUT2D eigenvalue weighted by molar-refractivity contribution is 0.218. The van der Waals surface area contributed by atoms with E-state index >= 15 is 0 Å². The third kappa shape index (κ3) is 3.85. The Bertz CT molecular complexity index is 923. The second-order valence-electron chi connectivity index (χ2n) is 8.13. The number of thiophene rings is 1. The second kappa shape index (κ2) is 7.84. The molecule has 148 valence electrons. The Morgan fingerprint density at radius 2 is 1.89 bits per heavy atom. The number of aromatic hydroxyl groups is 1. The first kappa shape index (κ1) is 20.2. The number of aliphatic imine (C=N–C) groups is 1. The number of ether oxygens (including phenoxy) is 2. The normalized spacial score (nSPS) is 16.6. The Morgan fingerprint density at radius 3 is 2.43 bits per heavy atom. The summed E-state index contributed by atoms with van der Waals surface area (Å²) in [6.45, 7) is 6.85. The Hall–Kier alpha value is -2.52. The van der Waals surface area contributed by atoms with Gasteiger partial charge in [-0.1, -0.05) is 20.8 Å². The van der Waals surface area contributed by atoms with Gasteiger partial charge in [0.15, 0.2) is 11.5 Å². The van der Waals surface area contributed by atoms with Crippen LogP contribution in [0, 0.1) is 22.7 Å². The highest BCUT2D eigenvalue weighted by Gasteiger charge is 2.32. The van der Waals surface area contributed by atoms with Gasteiger partial charge in [0, 0.05) is 16.7 Å². The van der Waals surface area contributed by atoms with Crippen LogP contribution in [0.3, 0.4) is 0 Å². The van der Waals surface area contributed by atoms with E-state index in [1.165, 1.54) is 24.7 Å². The highest BCUT2D eigenvalue weighted by Crippen LogP contribution is 2.45. The molecule has 1 aliphatic carbocycles.